The highest BCUT2D eigenvalue weighted by Crippen LogP contribution is 2.24. The minimum atomic E-state index is -0.818. The Hall–Kier alpha value is -4.14. The Kier molecular flexibility index (Phi) is 6.62. The number of aryl methyl sites for hydroxylation is 1. The van der Waals surface area contributed by atoms with E-state index >= 15 is 0 Å². The van der Waals surface area contributed by atoms with E-state index in [-0.39, 0.29) is 18.1 Å². The van der Waals surface area contributed by atoms with Gasteiger partial charge >= 0.3 is 0 Å². The van der Waals surface area contributed by atoms with Gasteiger partial charge in [0.1, 0.15) is 23.9 Å². The van der Waals surface area contributed by atoms with E-state index in [9.17, 15) is 13.6 Å². The lowest BCUT2D eigenvalue weighted by Crippen LogP contribution is -2.12. The van der Waals surface area contributed by atoms with Gasteiger partial charge in [-0.25, -0.2) is 8.78 Å². The third-order valence-electron chi connectivity index (χ3n) is 5.24. The number of benzene rings is 2. The van der Waals surface area contributed by atoms with Gasteiger partial charge < -0.3 is 19.2 Å². The Morgan fingerprint density at radius 1 is 1.12 bits per heavy atom. The second-order valence-electron chi connectivity index (χ2n) is 7.64. The smallest absolute Gasteiger partial charge is 0.291 e. The second-order valence-corrected chi connectivity index (χ2v) is 7.64. The first-order valence-corrected chi connectivity index (χ1v) is 10.5. The van der Waals surface area contributed by atoms with E-state index < -0.39 is 17.5 Å². The summed E-state index contributed by atoms with van der Waals surface area (Å²) in [5.74, 6) is -0.939. The van der Waals surface area contributed by atoms with E-state index in [1.54, 1.807) is 17.9 Å². The quantitative estimate of drug-likeness (QED) is 0.383. The topological polar surface area (TPSA) is 78.5 Å². The SMILES string of the molecule is COc1cccc(Cn2nc(C)c(NC(=O)c3ccc(COc4ccc(F)cc4F)o3)c2C)c1. The van der Waals surface area contributed by atoms with Gasteiger partial charge in [-0.3, -0.25) is 9.48 Å². The number of rotatable bonds is 8. The lowest BCUT2D eigenvalue weighted by atomic mass is 10.2. The summed E-state index contributed by atoms with van der Waals surface area (Å²) in [6.07, 6.45) is 0. The molecule has 0 radical (unpaired) electrons. The van der Waals surface area contributed by atoms with Gasteiger partial charge in [-0.05, 0) is 55.8 Å². The molecule has 1 amide bonds. The molecule has 2 aromatic carbocycles. The maximum Gasteiger partial charge on any atom is 0.291 e. The minimum Gasteiger partial charge on any atom is -0.497 e. The van der Waals surface area contributed by atoms with Crippen molar-refractivity contribution in [3.05, 3.63) is 94.7 Å². The first-order valence-electron chi connectivity index (χ1n) is 10.5. The zero-order chi connectivity index (χ0) is 24.2. The summed E-state index contributed by atoms with van der Waals surface area (Å²) in [5.41, 5.74) is 3.05. The highest BCUT2D eigenvalue weighted by Gasteiger charge is 2.18. The number of halogens is 2. The van der Waals surface area contributed by atoms with E-state index in [4.69, 9.17) is 13.9 Å². The standard InChI is InChI=1S/C25H23F2N3O4/c1-15-24(16(2)30(29-15)13-17-5-4-6-19(11-17)32-3)28-25(31)23-10-8-20(34-23)14-33-22-9-7-18(26)12-21(22)27/h4-12H,13-14H2,1-3H3,(H,28,31). The zero-order valence-corrected chi connectivity index (χ0v) is 18.9. The molecule has 4 aromatic rings. The average molecular weight is 467 g/mol. The molecule has 0 saturated heterocycles. The summed E-state index contributed by atoms with van der Waals surface area (Å²) in [7, 11) is 1.61. The molecule has 176 valence electrons. The van der Waals surface area contributed by atoms with Crippen molar-refractivity contribution < 1.29 is 27.5 Å². The van der Waals surface area contributed by atoms with Crippen molar-refractivity contribution in [3.8, 4) is 11.5 Å². The molecular weight excluding hydrogens is 444 g/mol. The summed E-state index contributed by atoms with van der Waals surface area (Å²) >= 11 is 0. The number of carbonyl (C=O) groups excluding carboxylic acids is 1. The van der Waals surface area contributed by atoms with Crippen molar-refractivity contribution in [2.75, 3.05) is 12.4 Å². The Morgan fingerprint density at radius 3 is 2.71 bits per heavy atom. The van der Waals surface area contributed by atoms with Crippen LogP contribution in [0.1, 0.15) is 33.3 Å². The molecule has 1 N–H and O–H groups in total. The molecule has 0 aliphatic heterocycles. The molecule has 4 rings (SSSR count). The van der Waals surface area contributed by atoms with Gasteiger partial charge in [0.05, 0.1) is 30.7 Å². The number of furan rings is 1. The van der Waals surface area contributed by atoms with Crippen LogP contribution in [0.25, 0.3) is 0 Å². The molecule has 2 heterocycles. The summed E-state index contributed by atoms with van der Waals surface area (Å²) in [4.78, 5) is 12.7. The van der Waals surface area contributed by atoms with Gasteiger partial charge in [0.2, 0.25) is 0 Å². The fourth-order valence-corrected chi connectivity index (χ4v) is 3.47. The molecule has 34 heavy (non-hydrogen) atoms. The molecule has 0 saturated carbocycles. The van der Waals surface area contributed by atoms with Gasteiger partial charge in [-0.1, -0.05) is 12.1 Å². The molecular formula is C25H23F2N3O4. The van der Waals surface area contributed by atoms with E-state index in [2.05, 4.69) is 10.4 Å². The number of hydrogen-bond donors (Lipinski definition) is 1. The first kappa shape index (κ1) is 23.0. The summed E-state index contributed by atoms with van der Waals surface area (Å²) < 4.78 is 44.6. The van der Waals surface area contributed by atoms with Crippen LogP contribution in [0.15, 0.2) is 59.0 Å². The van der Waals surface area contributed by atoms with Crippen LogP contribution in [-0.2, 0) is 13.2 Å². The maximum atomic E-state index is 13.7. The molecule has 2 aromatic heterocycles. The first-order chi connectivity index (χ1) is 16.3. The fraction of sp³-hybridized carbons (Fsp3) is 0.200. The van der Waals surface area contributed by atoms with Crippen molar-refractivity contribution in [2.24, 2.45) is 0 Å². The predicted octanol–water partition coefficient (Wildman–Crippen LogP) is 5.26. The Balaban J connectivity index is 1.42. The van der Waals surface area contributed by atoms with Gasteiger partial charge in [0.25, 0.3) is 5.91 Å². The molecule has 0 aliphatic carbocycles. The van der Waals surface area contributed by atoms with Gasteiger partial charge in [-0.15, -0.1) is 0 Å². The van der Waals surface area contributed by atoms with Crippen LogP contribution in [0.4, 0.5) is 14.5 Å². The van der Waals surface area contributed by atoms with Crippen LogP contribution >= 0.6 is 0 Å². The number of carbonyl (C=O) groups is 1. The van der Waals surface area contributed by atoms with Crippen molar-refractivity contribution in [3.63, 3.8) is 0 Å². The third-order valence-corrected chi connectivity index (χ3v) is 5.24. The van der Waals surface area contributed by atoms with Crippen LogP contribution in [0.5, 0.6) is 11.5 Å². The van der Waals surface area contributed by atoms with Gasteiger partial charge in [0, 0.05) is 6.07 Å². The molecule has 0 bridgehead atoms. The summed E-state index contributed by atoms with van der Waals surface area (Å²) in [6, 6.07) is 13.8. The van der Waals surface area contributed by atoms with E-state index in [1.807, 2.05) is 38.1 Å². The number of anilines is 1. The van der Waals surface area contributed by atoms with Crippen molar-refractivity contribution in [2.45, 2.75) is 27.0 Å². The minimum absolute atomic E-state index is 0.0672. The zero-order valence-electron chi connectivity index (χ0n) is 18.9. The van der Waals surface area contributed by atoms with Crippen molar-refractivity contribution >= 4 is 11.6 Å². The number of aromatic nitrogens is 2. The lowest BCUT2D eigenvalue weighted by Gasteiger charge is -2.08. The highest BCUT2D eigenvalue weighted by molar-refractivity contribution is 6.02. The Labute approximate surface area is 194 Å². The average Bonchev–Trinajstić information content (AvgIpc) is 3.39. The number of amides is 1. The maximum absolute atomic E-state index is 13.7. The van der Waals surface area contributed by atoms with Gasteiger partial charge in [-0.2, -0.15) is 5.10 Å². The fourth-order valence-electron chi connectivity index (χ4n) is 3.47. The molecule has 0 aliphatic rings. The Bertz CT molecular complexity index is 1330. The van der Waals surface area contributed by atoms with Crippen molar-refractivity contribution in [1.29, 1.82) is 0 Å². The van der Waals surface area contributed by atoms with Gasteiger partial charge in [0.15, 0.2) is 17.3 Å². The second kappa shape index (κ2) is 9.78. The normalized spacial score (nSPS) is 10.9. The lowest BCUT2D eigenvalue weighted by molar-refractivity contribution is 0.0992. The third kappa shape index (κ3) is 5.09. The van der Waals surface area contributed by atoms with Crippen LogP contribution < -0.4 is 14.8 Å². The molecule has 0 fully saturated rings. The van der Waals surface area contributed by atoms with Crippen LogP contribution in [0.2, 0.25) is 0 Å². The van der Waals surface area contributed by atoms with E-state index in [0.717, 1.165) is 29.1 Å². The predicted molar refractivity (Wildman–Crippen MR) is 121 cm³/mol. The number of nitrogens with one attached hydrogen (secondary N) is 1. The van der Waals surface area contributed by atoms with Crippen LogP contribution in [-0.4, -0.2) is 22.8 Å². The monoisotopic (exact) mass is 467 g/mol. The highest BCUT2D eigenvalue weighted by atomic mass is 19.1. The molecule has 9 heteroatoms. The number of nitrogens with zero attached hydrogens (tertiary/aromatic N) is 2. The van der Waals surface area contributed by atoms with Crippen LogP contribution in [0, 0.1) is 25.5 Å². The number of ether oxygens (including phenoxy) is 2. The Morgan fingerprint density at radius 2 is 1.94 bits per heavy atom. The largest absolute Gasteiger partial charge is 0.497 e. The summed E-state index contributed by atoms with van der Waals surface area (Å²) in [6.45, 7) is 4.08. The van der Waals surface area contributed by atoms with Crippen LogP contribution in [0.3, 0.4) is 0 Å². The molecule has 0 unspecified atom stereocenters. The summed E-state index contributed by atoms with van der Waals surface area (Å²) in [5, 5.41) is 7.38. The molecule has 7 nitrogen and oxygen atoms in total. The van der Waals surface area contributed by atoms with E-state index in [1.165, 1.54) is 12.1 Å². The molecule has 0 spiro atoms. The molecule has 0 atom stereocenters. The number of methoxy groups -OCH3 is 1. The van der Waals surface area contributed by atoms with E-state index in [0.29, 0.717) is 23.7 Å². The van der Waals surface area contributed by atoms with Crippen molar-refractivity contribution in [1.82, 2.24) is 9.78 Å². The number of hydrogen-bond acceptors (Lipinski definition) is 5.